The number of carbonyl (C=O) groups excluding carboxylic acids is 1. The second-order valence-electron chi connectivity index (χ2n) is 3.22. The van der Waals surface area contributed by atoms with Crippen LogP contribution in [-0.4, -0.2) is 11.0 Å². The Labute approximate surface area is 94.3 Å². The van der Waals surface area contributed by atoms with Crippen LogP contribution < -0.4 is 0 Å². The molecule has 2 nitrogen and oxygen atoms in total. The first-order chi connectivity index (χ1) is 7.29. The summed E-state index contributed by atoms with van der Waals surface area (Å²) in [5.41, 5.74) is 0.693. The van der Waals surface area contributed by atoms with Gasteiger partial charge in [0, 0.05) is 5.56 Å². The van der Waals surface area contributed by atoms with Gasteiger partial charge in [0.25, 0.3) is 0 Å². The number of hydrogen-bond donors (Lipinski definition) is 0. The third-order valence-corrected chi connectivity index (χ3v) is 2.94. The maximum absolute atomic E-state index is 12.0. The van der Waals surface area contributed by atoms with Gasteiger partial charge in [-0.2, -0.15) is 5.26 Å². The zero-order valence-electron chi connectivity index (χ0n) is 8.64. The maximum Gasteiger partial charge on any atom is 0.176 e. The Morgan fingerprint density at radius 3 is 2.67 bits per heavy atom. The molecular formula is C12H13NOS. The Morgan fingerprint density at radius 1 is 1.47 bits per heavy atom. The van der Waals surface area contributed by atoms with Gasteiger partial charge in [0.15, 0.2) is 5.78 Å². The first kappa shape index (κ1) is 11.8. The fraction of sp³-hybridized carbons (Fsp3) is 0.333. The molecule has 1 aromatic carbocycles. The van der Waals surface area contributed by atoms with E-state index in [-0.39, 0.29) is 11.0 Å². The molecule has 0 aliphatic rings. The Bertz CT molecular complexity index is 356. The minimum atomic E-state index is -0.220. The highest BCUT2D eigenvalue weighted by Gasteiger charge is 2.19. The lowest BCUT2D eigenvalue weighted by Gasteiger charge is -2.09. The summed E-state index contributed by atoms with van der Waals surface area (Å²) >= 11 is 1.06. The molecule has 78 valence electrons. The van der Waals surface area contributed by atoms with E-state index in [1.807, 2.05) is 30.5 Å². The van der Waals surface area contributed by atoms with Crippen LogP contribution in [0.3, 0.4) is 0 Å². The van der Waals surface area contributed by atoms with Gasteiger partial charge in [-0.15, -0.1) is 0 Å². The van der Waals surface area contributed by atoms with Gasteiger partial charge in [-0.25, -0.2) is 0 Å². The molecule has 0 bridgehead atoms. The molecule has 1 atom stereocenters. The average Bonchev–Trinajstić information content (AvgIpc) is 2.29. The smallest absolute Gasteiger partial charge is 0.176 e. The van der Waals surface area contributed by atoms with Gasteiger partial charge in [0.1, 0.15) is 5.40 Å². The van der Waals surface area contributed by atoms with Gasteiger partial charge in [-0.3, -0.25) is 4.79 Å². The molecule has 0 N–H and O–H groups in total. The van der Waals surface area contributed by atoms with Crippen LogP contribution in [0, 0.1) is 10.7 Å². The third kappa shape index (κ3) is 3.41. The Balaban J connectivity index is 2.77. The van der Waals surface area contributed by atoms with Crippen LogP contribution in [0.15, 0.2) is 30.3 Å². The second kappa shape index (κ2) is 6.26. The van der Waals surface area contributed by atoms with E-state index in [0.29, 0.717) is 5.56 Å². The van der Waals surface area contributed by atoms with Crippen LogP contribution in [-0.2, 0) is 0 Å². The average molecular weight is 219 g/mol. The topological polar surface area (TPSA) is 40.9 Å². The summed E-state index contributed by atoms with van der Waals surface area (Å²) < 4.78 is 0. The zero-order chi connectivity index (χ0) is 11.1. The third-order valence-electron chi connectivity index (χ3n) is 2.10. The van der Waals surface area contributed by atoms with Gasteiger partial charge in [0.2, 0.25) is 0 Å². The highest BCUT2D eigenvalue weighted by molar-refractivity contribution is 8.05. The van der Waals surface area contributed by atoms with Crippen molar-refractivity contribution >= 4 is 17.5 Å². The summed E-state index contributed by atoms with van der Waals surface area (Å²) in [5.74, 6) is 0.0593. The SMILES string of the molecule is CCCC(SC#N)C(=O)c1ccccc1. The molecule has 1 unspecified atom stereocenters. The molecular weight excluding hydrogens is 206 g/mol. The van der Waals surface area contributed by atoms with Crippen molar-refractivity contribution in [2.75, 3.05) is 0 Å². The highest BCUT2D eigenvalue weighted by atomic mass is 32.2. The zero-order valence-corrected chi connectivity index (χ0v) is 9.46. The molecule has 1 aromatic rings. The van der Waals surface area contributed by atoms with Crippen molar-refractivity contribution in [1.29, 1.82) is 5.26 Å². The lowest BCUT2D eigenvalue weighted by atomic mass is 10.1. The van der Waals surface area contributed by atoms with Crippen LogP contribution in [0.2, 0.25) is 0 Å². The summed E-state index contributed by atoms with van der Waals surface area (Å²) in [5, 5.41) is 10.4. The summed E-state index contributed by atoms with van der Waals surface area (Å²) in [6, 6.07) is 9.15. The minimum Gasteiger partial charge on any atom is -0.293 e. The quantitative estimate of drug-likeness (QED) is 0.564. The number of nitriles is 1. The second-order valence-corrected chi connectivity index (χ2v) is 4.20. The van der Waals surface area contributed by atoms with Gasteiger partial charge in [-0.1, -0.05) is 43.7 Å². The van der Waals surface area contributed by atoms with Gasteiger partial charge < -0.3 is 0 Å². The summed E-state index contributed by atoms with van der Waals surface area (Å²) in [6.45, 7) is 2.02. The Hall–Kier alpha value is -1.27. The van der Waals surface area contributed by atoms with Crippen molar-refractivity contribution in [2.24, 2.45) is 0 Å². The van der Waals surface area contributed by atoms with E-state index in [1.165, 1.54) is 0 Å². The van der Waals surface area contributed by atoms with E-state index in [0.717, 1.165) is 24.6 Å². The number of hydrogen-bond acceptors (Lipinski definition) is 3. The van der Waals surface area contributed by atoms with Crippen LogP contribution in [0.25, 0.3) is 0 Å². The molecule has 0 aromatic heterocycles. The maximum atomic E-state index is 12.0. The van der Waals surface area contributed by atoms with Crippen LogP contribution >= 0.6 is 11.8 Å². The molecule has 1 rings (SSSR count). The van der Waals surface area contributed by atoms with Crippen LogP contribution in [0.5, 0.6) is 0 Å². The van der Waals surface area contributed by atoms with Crippen LogP contribution in [0.4, 0.5) is 0 Å². The highest BCUT2D eigenvalue weighted by Crippen LogP contribution is 2.20. The normalized spacial score (nSPS) is 11.7. The van der Waals surface area contributed by atoms with Crippen LogP contribution in [0.1, 0.15) is 30.1 Å². The molecule has 0 heterocycles. The molecule has 0 amide bonds. The van der Waals surface area contributed by atoms with Gasteiger partial charge in [0.05, 0.1) is 5.25 Å². The van der Waals surface area contributed by atoms with Gasteiger partial charge in [-0.05, 0) is 18.2 Å². The fourth-order valence-corrected chi connectivity index (χ4v) is 2.08. The molecule has 0 radical (unpaired) electrons. The van der Waals surface area contributed by atoms with E-state index in [9.17, 15) is 4.79 Å². The van der Waals surface area contributed by atoms with Crippen molar-refractivity contribution in [2.45, 2.75) is 25.0 Å². The lowest BCUT2D eigenvalue weighted by molar-refractivity contribution is 0.0986. The number of nitrogens with zero attached hydrogens (tertiary/aromatic N) is 1. The fourth-order valence-electron chi connectivity index (χ4n) is 1.36. The summed E-state index contributed by atoms with van der Waals surface area (Å²) in [7, 11) is 0. The van der Waals surface area contributed by atoms with Crippen molar-refractivity contribution in [3.63, 3.8) is 0 Å². The number of benzene rings is 1. The predicted molar refractivity (Wildman–Crippen MR) is 62.7 cm³/mol. The molecule has 0 fully saturated rings. The molecule has 0 saturated carbocycles. The molecule has 3 heteroatoms. The summed E-state index contributed by atoms with van der Waals surface area (Å²) in [6.07, 6.45) is 1.67. The van der Waals surface area contributed by atoms with Crippen molar-refractivity contribution < 1.29 is 4.79 Å². The van der Waals surface area contributed by atoms with E-state index >= 15 is 0 Å². The number of thiocyanates is 1. The standard InChI is InChI=1S/C12H13NOS/c1-2-6-11(15-9-13)12(14)10-7-4-3-5-8-10/h3-5,7-8,11H,2,6H2,1H3. The number of Topliss-reactive ketones (excluding diaryl/α,β-unsaturated/α-hetero) is 1. The van der Waals surface area contributed by atoms with E-state index in [1.54, 1.807) is 12.1 Å². The van der Waals surface area contributed by atoms with E-state index < -0.39 is 0 Å². The summed E-state index contributed by atoms with van der Waals surface area (Å²) in [4.78, 5) is 12.0. The molecule has 0 saturated heterocycles. The Kier molecular flexibility index (Phi) is 4.92. The number of ketones is 1. The van der Waals surface area contributed by atoms with Crippen molar-refractivity contribution in [3.05, 3.63) is 35.9 Å². The Morgan fingerprint density at radius 2 is 2.13 bits per heavy atom. The van der Waals surface area contributed by atoms with Crippen molar-refractivity contribution in [3.8, 4) is 5.40 Å². The lowest BCUT2D eigenvalue weighted by Crippen LogP contribution is -2.16. The molecule has 0 aliphatic carbocycles. The molecule has 15 heavy (non-hydrogen) atoms. The number of carbonyl (C=O) groups is 1. The number of rotatable bonds is 5. The van der Waals surface area contributed by atoms with Crippen molar-refractivity contribution in [1.82, 2.24) is 0 Å². The first-order valence-electron chi connectivity index (χ1n) is 4.93. The largest absolute Gasteiger partial charge is 0.293 e. The van der Waals surface area contributed by atoms with E-state index in [2.05, 4.69) is 0 Å². The monoisotopic (exact) mass is 219 g/mol. The molecule has 0 spiro atoms. The van der Waals surface area contributed by atoms with E-state index in [4.69, 9.17) is 5.26 Å². The predicted octanol–water partition coefficient (Wildman–Crippen LogP) is 3.25. The molecule has 0 aliphatic heterocycles. The number of thioether (sulfide) groups is 1. The first-order valence-corrected chi connectivity index (χ1v) is 5.81. The van der Waals surface area contributed by atoms with Gasteiger partial charge >= 0.3 is 0 Å². The minimum absolute atomic E-state index is 0.0593.